The number of ether oxygens (including phenoxy) is 2. The molecule has 0 radical (unpaired) electrons. The van der Waals surface area contributed by atoms with E-state index in [1.54, 1.807) is 11.3 Å². The van der Waals surface area contributed by atoms with Gasteiger partial charge in [-0.3, -0.25) is 0 Å². The molecule has 3 rings (SSSR count). The summed E-state index contributed by atoms with van der Waals surface area (Å²) in [4.78, 5) is 1.37. The highest BCUT2D eigenvalue weighted by Crippen LogP contribution is 2.40. The molecule has 0 amide bonds. The van der Waals surface area contributed by atoms with Crippen molar-refractivity contribution in [1.29, 1.82) is 0 Å². The summed E-state index contributed by atoms with van der Waals surface area (Å²) in [6.45, 7) is 0.558. The molecule has 1 aliphatic heterocycles. The van der Waals surface area contributed by atoms with Crippen LogP contribution in [0.25, 0.3) is 0 Å². The molecule has 0 aliphatic carbocycles. The van der Waals surface area contributed by atoms with Gasteiger partial charge in [-0.1, -0.05) is 28.1 Å². The summed E-state index contributed by atoms with van der Waals surface area (Å²) in [5.74, 6) is 1.63. The number of rotatable bonds is 2. The fourth-order valence-corrected chi connectivity index (χ4v) is 3.99. The first-order chi connectivity index (χ1) is 8.74. The number of para-hydroxylation sites is 2. The molecule has 0 N–H and O–H groups in total. The first-order valence-electron chi connectivity index (χ1n) is 5.52. The Morgan fingerprint density at radius 1 is 1.17 bits per heavy atom. The predicted octanol–water partition coefficient (Wildman–Crippen LogP) is 4.79. The third-order valence-electron chi connectivity index (χ3n) is 2.72. The van der Waals surface area contributed by atoms with Crippen molar-refractivity contribution in [3.63, 3.8) is 0 Å². The number of hydrogen-bond acceptors (Lipinski definition) is 3. The van der Waals surface area contributed by atoms with E-state index < -0.39 is 0 Å². The highest BCUT2D eigenvalue weighted by Gasteiger charge is 2.29. The molecule has 5 heteroatoms. The molecule has 2 heterocycles. The number of hydrogen-bond donors (Lipinski definition) is 0. The lowest BCUT2D eigenvalue weighted by molar-refractivity contribution is 0.0910. The van der Waals surface area contributed by atoms with E-state index >= 15 is 0 Å². The van der Waals surface area contributed by atoms with Gasteiger partial charge in [-0.2, -0.15) is 0 Å². The van der Waals surface area contributed by atoms with Crippen LogP contribution in [-0.4, -0.2) is 12.7 Å². The van der Waals surface area contributed by atoms with Crippen molar-refractivity contribution >= 4 is 43.2 Å². The van der Waals surface area contributed by atoms with E-state index in [-0.39, 0.29) is 10.9 Å². The molecule has 0 saturated carbocycles. The van der Waals surface area contributed by atoms with Crippen molar-refractivity contribution in [2.24, 2.45) is 0 Å². The van der Waals surface area contributed by atoms with Gasteiger partial charge >= 0.3 is 0 Å². The van der Waals surface area contributed by atoms with Crippen molar-refractivity contribution in [3.05, 3.63) is 45.1 Å². The molecule has 2 atom stereocenters. The molecule has 0 fully saturated rings. The smallest absolute Gasteiger partial charge is 0.161 e. The summed E-state index contributed by atoms with van der Waals surface area (Å²) >= 11 is 8.88. The number of halogens is 2. The van der Waals surface area contributed by atoms with Gasteiger partial charge in [-0.05, 0) is 40.2 Å². The summed E-state index contributed by atoms with van der Waals surface area (Å²) < 4.78 is 12.8. The SMILES string of the molecule is Brc1ccc(C(Br)C2COc3ccccc3O2)s1. The van der Waals surface area contributed by atoms with Crippen LogP contribution in [0.15, 0.2) is 40.2 Å². The molecule has 0 bridgehead atoms. The predicted molar refractivity (Wildman–Crippen MR) is 80.0 cm³/mol. The van der Waals surface area contributed by atoms with Gasteiger partial charge in [0, 0.05) is 4.88 Å². The summed E-state index contributed by atoms with van der Waals surface area (Å²) in [7, 11) is 0. The quantitative estimate of drug-likeness (QED) is 0.687. The van der Waals surface area contributed by atoms with Gasteiger partial charge in [0.05, 0.1) is 8.61 Å². The molecule has 2 nitrogen and oxygen atoms in total. The Kier molecular flexibility index (Phi) is 3.63. The minimum Gasteiger partial charge on any atom is -0.486 e. The summed E-state index contributed by atoms with van der Waals surface area (Å²) in [6.07, 6.45) is -0.00884. The van der Waals surface area contributed by atoms with E-state index in [2.05, 4.69) is 37.9 Å². The van der Waals surface area contributed by atoms with Gasteiger partial charge < -0.3 is 9.47 Å². The minimum atomic E-state index is -0.00884. The van der Waals surface area contributed by atoms with Crippen LogP contribution in [0, 0.1) is 0 Å². The molecule has 94 valence electrons. The number of thiophene rings is 1. The van der Waals surface area contributed by atoms with Crippen LogP contribution in [0.2, 0.25) is 0 Å². The van der Waals surface area contributed by atoms with Crippen LogP contribution in [0.3, 0.4) is 0 Å². The monoisotopic (exact) mass is 388 g/mol. The minimum absolute atomic E-state index is 0.00884. The van der Waals surface area contributed by atoms with Crippen molar-refractivity contribution in [3.8, 4) is 11.5 Å². The Morgan fingerprint density at radius 3 is 2.67 bits per heavy atom. The van der Waals surface area contributed by atoms with Gasteiger partial charge in [-0.15, -0.1) is 11.3 Å². The number of alkyl halides is 1. The summed E-state index contributed by atoms with van der Waals surface area (Å²) in [6, 6.07) is 11.9. The maximum Gasteiger partial charge on any atom is 0.161 e. The van der Waals surface area contributed by atoms with Crippen LogP contribution in [-0.2, 0) is 0 Å². The zero-order chi connectivity index (χ0) is 12.5. The number of benzene rings is 1. The lowest BCUT2D eigenvalue weighted by Gasteiger charge is -2.29. The lowest BCUT2D eigenvalue weighted by Crippen LogP contribution is -2.32. The summed E-state index contributed by atoms with van der Waals surface area (Å²) in [5.41, 5.74) is 0. The standard InChI is InChI=1S/C13H10Br2O2S/c14-12-6-5-11(18-12)13(15)10-7-16-8-3-1-2-4-9(8)17-10/h1-6,10,13H,7H2. The normalized spacial score (nSPS) is 19.6. The van der Waals surface area contributed by atoms with Crippen LogP contribution >= 0.6 is 43.2 Å². The van der Waals surface area contributed by atoms with Gasteiger partial charge in [-0.25, -0.2) is 0 Å². The molecule has 18 heavy (non-hydrogen) atoms. The highest BCUT2D eigenvalue weighted by molar-refractivity contribution is 9.11. The average Bonchev–Trinajstić information content (AvgIpc) is 2.84. The van der Waals surface area contributed by atoms with E-state index in [0.717, 1.165) is 15.3 Å². The zero-order valence-corrected chi connectivity index (χ0v) is 13.3. The molecule has 2 aromatic rings. The zero-order valence-electron chi connectivity index (χ0n) is 9.31. The Labute approximate surface area is 126 Å². The van der Waals surface area contributed by atoms with Gasteiger partial charge in [0.15, 0.2) is 17.6 Å². The molecular formula is C13H10Br2O2S. The molecule has 2 unspecified atom stereocenters. The van der Waals surface area contributed by atoms with E-state index in [9.17, 15) is 0 Å². The third-order valence-corrected chi connectivity index (χ3v) is 5.82. The van der Waals surface area contributed by atoms with E-state index in [0.29, 0.717) is 6.61 Å². The maximum atomic E-state index is 5.98. The molecule has 0 saturated heterocycles. The van der Waals surface area contributed by atoms with E-state index in [1.165, 1.54) is 4.88 Å². The Morgan fingerprint density at radius 2 is 1.94 bits per heavy atom. The van der Waals surface area contributed by atoms with Crippen molar-refractivity contribution in [1.82, 2.24) is 0 Å². The van der Waals surface area contributed by atoms with Crippen LogP contribution < -0.4 is 9.47 Å². The van der Waals surface area contributed by atoms with E-state index in [4.69, 9.17) is 9.47 Å². The molecule has 1 aliphatic rings. The largest absolute Gasteiger partial charge is 0.486 e. The molecule has 1 aromatic heterocycles. The Hall–Kier alpha value is -0.520. The highest BCUT2D eigenvalue weighted by atomic mass is 79.9. The van der Waals surface area contributed by atoms with Crippen molar-refractivity contribution in [2.45, 2.75) is 10.9 Å². The second-order valence-corrected chi connectivity index (χ2v) is 7.44. The van der Waals surface area contributed by atoms with E-state index in [1.807, 2.05) is 30.3 Å². The van der Waals surface area contributed by atoms with Gasteiger partial charge in [0.2, 0.25) is 0 Å². The molecule has 0 spiro atoms. The van der Waals surface area contributed by atoms with Gasteiger partial charge in [0.1, 0.15) is 6.61 Å². The van der Waals surface area contributed by atoms with Crippen molar-refractivity contribution < 1.29 is 9.47 Å². The van der Waals surface area contributed by atoms with Gasteiger partial charge in [0.25, 0.3) is 0 Å². The lowest BCUT2D eigenvalue weighted by atomic mass is 10.2. The van der Waals surface area contributed by atoms with Crippen LogP contribution in [0.1, 0.15) is 9.70 Å². The first kappa shape index (κ1) is 12.5. The fourth-order valence-electron chi connectivity index (χ4n) is 1.84. The fraction of sp³-hybridized carbons (Fsp3) is 0.231. The summed E-state index contributed by atoms with van der Waals surface area (Å²) in [5, 5.41) is 0. The second kappa shape index (κ2) is 5.23. The van der Waals surface area contributed by atoms with Crippen molar-refractivity contribution in [2.75, 3.05) is 6.61 Å². The van der Waals surface area contributed by atoms with Crippen LogP contribution in [0.4, 0.5) is 0 Å². The average molecular weight is 390 g/mol. The molecular weight excluding hydrogens is 380 g/mol. The Balaban J connectivity index is 1.79. The Bertz CT molecular complexity index is 555. The topological polar surface area (TPSA) is 18.5 Å². The van der Waals surface area contributed by atoms with Crippen LogP contribution in [0.5, 0.6) is 11.5 Å². The first-order valence-corrected chi connectivity index (χ1v) is 8.04. The molecule has 1 aromatic carbocycles. The third kappa shape index (κ3) is 2.44. The number of fused-ring (bicyclic) bond motifs is 1. The second-order valence-electron chi connectivity index (χ2n) is 3.96. The maximum absolute atomic E-state index is 5.98.